The number of carbonyl (C=O) groups is 1. The fourth-order valence-electron chi connectivity index (χ4n) is 4.15. The number of ether oxygens (including phenoxy) is 2. The molecule has 1 heterocycles. The van der Waals surface area contributed by atoms with Crippen LogP contribution in [0.4, 0.5) is 0 Å². The highest BCUT2D eigenvalue weighted by molar-refractivity contribution is 6.35. The highest BCUT2D eigenvalue weighted by Gasteiger charge is 2.23. The van der Waals surface area contributed by atoms with Crippen molar-refractivity contribution in [2.75, 3.05) is 39.9 Å². The zero-order chi connectivity index (χ0) is 25.5. The standard InChI is InChI=1S/C28H27Cl2N3O3/c1-35-26-9-7-23(16-27(26)36-15-10-22-6-8-24(29)17-25(22)30)28(34)33-13-11-32(12-14-33)19-21-4-2-20(18-31)3-5-21/h2-9,16-17H,10-15,19H2,1H3. The highest BCUT2D eigenvalue weighted by atomic mass is 35.5. The molecule has 8 heteroatoms. The number of hydrogen-bond acceptors (Lipinski definition) is 5. The zero-order valence-corrected chi connectivity index (χ0v) is 21.6. The van der Waals surface area contributed by atoms with E-state index in [0.717, 1.165) is 30.8 Å². The first-order valence-electron chi connectivity index (χ1n) is 11.7. The van der Waals surface area contributed by atoms with Gasteiger partial charge in [-0.25, -0.2) is 0 Å². The summed E-state index contributed by atoms with van der Waals surface area (Å²) in [7, 11) is 1.58. The Morgan fingerprint density at radius 2 is 1.72 bits per heavy atom. The van der Waals surface area contributed by atoms with E-state index in [1.54, 1.807) is 37.4 Å². The van der Waals surface area contributed by atoms with Crippen LogP contribution in [0.5, 0.6) is 11.5 Å². The van der Waals surface area contributed by atoms with E-state index in [1.807, 2.05) is 35.2 Å². The van der Waals surface area contributed by atoms with E-state index < -0.39 is 0 Å². The van der Waals surface area contributed by atoms with Gasteiger partial charge in [-0.1, -0.05) is 41.4 Å². The minimum Gasteiger partial charge on any atom is -0.493 e. The number of benzene rings is 3. The van der Waals surface area contributed by atoms with Gasteiger partial charge in [0, 0.05) is 54.8 Å². The van der Waals surface area contributed by atoms with Crippen LogP contribution in [0.15, 0.2) is 60.7 Å². The summed E-state index contributed by atoms with van der Waals surface area (Å²) in [4.78, 5) is 17.4. The Labute approximate surface area is 221 Å². The van der Waals surface area contributed by atoms with E-state index in [2.05, 4.69) is 11.0 Å². The van der Waals surface area contributed by atoms with E-state index in [-0.39, 0.29) is 5.91 Å². The van der Waals surface area contributed by atoms with Gasteiger partial charge in [0.25, 0.3) is 5.91 Å². The van der Waals surface area contributed by atoms with Gasteiger partial charge in [-0.2, -0.15) is 5.26 Å². The maximum atomic E-state index is 13.2. The van der Waals surface area contributed by atoms with Crippen molar-refractivity contribution >= 4 is 29.1 Å². The van der Waals surface area contributed by atoms with Crippen molar-refractivity contribution in [2.45, 2.75) is 13.0 Å². The van der Waals surface area contributed by atoms with Gasteiger partial charge in [0.15, 0.2) is 11.5 Å². The largest absolute Gasteiger partial charge is 0.493 e. The lowest BCUT2D eigenvalue weighted by atomic mass is 10.1. The molecule has 0 unspecified atom stereocenters. The minimum atomic E-state index is -0.0266. The number of halogens is 2. The smallest absolute Gasteiger partial charge is 0.254 e. The average Bonchev–Trinajstić information content (AvgIpc) is 2.90. The fraction of sp³-hybridized carbons (Fsp3) is 0.286. The molecule has 186 valence electrons. The van der Waals surface area contributed by atoms with Crippen LogP contribution in [0.2, 0.25) is 10.0 Å². The molecular weight excluding hydrogens is 497 g/mol. The SMILES string of the molecule is COc1ccc(C(=O)N2CCN(Cc3ccc(C#N)cc3)CC2)cc1OCCc1ccc(Cl)cc1Cl. The van der Waals surface area contributed by atoms with Crippen LogP contribution in [-0.2, 0) is 13.0 Å². The van der Waals surface area contributed by atoms with Crippen LogP contribution in [0, 0.1) is 11.3 Å². The summed E-state index contributed by atoms with van der Waals surface area (Å²) in [5.74, 6) is 1.06. The number of hydrogen-bond donors (Lipinski definition) is 0. The molecule has 0 aliphatic carbocycles. The molecule has 1 saturated heterocycles. The molecule has 0 atom stereocenters. The van der Waals surface area contributed by atoms with Crippen LogP contribution in [0.25, 0.3) is 0 Å². The quantitative estimate of drug-likeness (QED) is 0.392. The minimum absolute atomic E-state index is 0.0266. The summed E-state index contributed by atoms with van der Waals surface area (Å²) in [5.41, 5.74) is 3.32. The number of amides is 1. The Morgan fingerprint density at radius 3 is 2.39 bits per heavy atom. The predicted molar refractivity (Wildman–Crippen MR) is 141 cm³/mol. The van der Waals surface area contributed by atoms with Crippen LogP contribution in [-0.4, -0.2) is 55.6 Å². The molecule has 1 fully saturated rings. The summed E-state index contributed by atoms with van der Waals surface area (Å²) in [6, 6.07) is 20.4. The summed E-state index contributed by atoms with van der Waals surface area (Å²) in [6.07, 6.45) is 0.596. The van der Waals surface area contributed by atoms with Gasteiger partial charge in [0.05, 0.1) is 25.3 Å². The van der Waals surface area contributed by atoms with Gasteiger partial charge < -0.3 is 14.4 Å². The van der Waals surface area contributed by atoms with Crippen molar-refractivity contribution in [3.05, 3.63) is 93.0 Å². The molecule has 0 aromatic heterocycles. The molecular formula is C28H27Cl2N3O3. The first kappa shape index (κ1) is 25.8. The van der Waals surface area contributed by atoms with Gasteiger partial charge in [0.1, 0.15) is 0 Å². The third-order valence-corrected chi connectivity index (χ3v) is 6.79. The number of carbonyl (C=O) groups excluding carboxylic acids is 1. The predicted octanol–water partition coefficient (Wildman–Crippen LogP) is 5.45. The van der Waals surface area contributed by atoms with Gasteiger partial charge in [-0.15, -0.1) is 0 Å². The molecule has 6 nitrogen and oxygen atoms in total. The van der Waals surface area contributed by atoms with Crippen LogP contribution >= 0.6 is 23.2 Å². The molecule has 0 spiro atoms. The number of methoxy groups -OCH3 is 1. The molecule has 3 aromatic carbocycles. The van der Waals surface area contributed by atoms with Crippen LogP contribution in [0.1, 0.15) is 27.0 Å². The van der Waals surface area contributed by atoms with Crippen LogP contribution in [0.3, 0.4) is 0 Å². The summed E-state index contributed by atoms with van der Waals surface area (Å²) >= 11 is 12.2. The lowest BCUT2D eigenvalue weighted by Gasteiger charge is -2.35. The topological polar surface area (TPSA) is 65.8 Å². The van der Waals surface area contributed by atoms with E-state index in [0.29, 0.717) is 58.8 Å². The van der Waals surface area contributed by atoms with Gasteiger partial charge >= 0.3 is 0 Å². The number of piperazine rings is 1. The first-order chi connectivity index (χ1) is 17.5. The maximum Gasteiger partial charge on any atom is 0.254 e. The van der Waals surface area contributed by atoms with Crippen LogP contribution < -0.4 is 9.47 Å². The second-order valence-corrected chi connectivity index (χ2v) is 9.42. The fourth-order valence-corrected chi connectivity index (χ4v) is 4.66. The molecule has 1 aliphatic rings. The summed E-state index contributed by atoms with van der Waals surface area (Å²) < 4.78 is 11.4. The van der Waals surface area contributed by atoms with Crippen molar-refractivity contribution in [2.24, 2.45) is 0 Å². The van der Waals surface area contributed by atoms with Crippen molar-refractivity contribution in [3.63, 3.8) is 0 Å². The van der Waals surface area contributed by atoms with Crippen molar-refractivity contribution < 1.29 is 14.3 Å². The second-order valence-electron chi connectivity index (χ2n) is 8.58. The van der Waals surface area contributed by atoms with Gasteiger partial charge in [0.2, 0.25) is 0 Å². The molecule has 4 rings (SSSR count). The van der Waals surface area contributed by atoms with E-state index in [9.17, 15) is 4.79 Å². The Kier molecular flexibility index (Phi) is 8.71. The normalized spacial score (nSPS) is 13.8. The second kappa shape index (κ2) is 12.1. The lowest BCUT2D eigenvalue weighted by Crippen LogP contribution is -2.48. The number of nitriles is 1. The summed E-state index contributed by atoms with van der Waals surface area (Å²) in [5, 5.41) is 10.1. The number of rotatable bonds is 8. The van der Waals surface area contributed by atoms with E-state index >= 15 is 0 Å². The average molecular weight is 524 g/mol. The Balaban J connectivity index is 1.34. The molecule has 1 amide bonds. The summed E-state index contributed by atoms with van der Waals surface area (Å²) in [6.45, 7) is 4.04. The van der Waals surface area contributed by atoms with Gasteiger partial charge in [-0.05, 0) is 53.6 Å². The molecule has 0 radical (unpaired) electrons. The van der Waals surface area contributed by atoms with Crippen molar-refractivity contribution in [3.8, 4) is 17.6 Å². The van der Waals surface area contributed by atoms with E-state index in [4.69, 9.17) is 37.9 Å². The Bertz CT molecular complexity index is 1250. The zero-order valence-electron chi connectivity index (χ0n) is 20.0. The third kappa shape index (κ3) is 6.50. The molecule has 1 aliphatic heterocycles. The maximum absolute atomic E-state index is 13.2. The third-order valence-electron chi connectivity index (χ3n) is 6.20. The molecule has 0 N–H and O–H groups in total. The lowest BCUT2D eigenvalue weighted by molar-refractivity contribution is 0.0628. The first-order valence-corrected chi connectivity index (χ1v) is 12.5. The van der Waals surface area contributed by atoms with Crippen molar-refractivity contribution in [1.29, 1.82) is 5.26 Å². The molecule has 0 saturated carbocycles. The molecule has 0 bridgehead atoms. The Morgan fingerprint density at radius 1 is 0.972 bits per heavy atom. The highest BCUT2D eigenvalue weighted by Crippen LogP contribution is 2.29. The van der Waals surface area contributed by atoms with Crippen molar-refractivity contribution in [1.82, 2.24) is 9.80 Å². The molecule has 36 heavy (non-hydrogen) atoms. The van der Waals surface area contributed by atoms with E-state index in [1.165, 1.54) is 0 Å². The monoisotopic (exact) mass is 523 g/mol. The number of nitrogens with zero attached hydrogens (tertiary/aromatic N) is 3. The Hall–Kier alpha value is -3.24. The molecule has 3 aromatic rings. The van der Waals surface area contributed by atoms with Gasteiger partial charge in [-0.3, -0.25) is 9.69 Å².